The monoisotopic (exact) mass is 1810 g/mol. The summed E-state index contributed by atoms with van der Waals surface area (Å²) >= 11 is 0. The highest BCUT2D eigenvalue weighted by Crippen LogP contribution is 2.51. The van der Waals surface area contributed by atoms with Crippen molar-refractivity contribution in [3.8, 4) is 45.0 Å². The summed E-state index contributed by atoms with van der Waals surface area (Å²) in [4.78, 5) is 18.7. The summed E-state index contributed by atoms with van der Waals surface area (Å²) in [5.41, 5.74) is 25.7. The lowest BCUT2D eigenvalue weighted by Crippen LogP contribution is -2.13. The van der Waals surface area contributed by atoms with Gasteiger partial charge in [0, 0.05) is 96.7 Å². The minimum atomic E-state index is -1.50. The molecule has 9 nitrogen and oxygen atoms in total. The maximum absolute atomic E-state index is 15.2. The van der Waals surface area contributed by atoms with Crippen LogP contribution in [0.4, 0.5) is 47.3 Å². The largest absolute Gasteiger partial charge is 0.311 e. The summed E-state index contributed by atoms with van der Waals surface area (Å²) < 4.78 is 53.0. The molecule has 141 heavy (non-hydrogen) atoms. The Kier molecular flexibility index (Phi) is 18.4. The van der Waals surface area contributed by atoms with Crippen molar-refractivity contribution >= 4 is 219 Å². The zero-order chi connectivity index (χ0) is 93.2. The maximum Gasteiger partial charge on any atom is 0.196 e. The summed E-state index contributed by atoms with van der Waals surface area (Å²) in [6.45, 7) is 0. The van der Waals surface area contributed by atoms with Crippen molar-refractivity contribution in [1.82, 2.24) is 33.2 Å². The summed E-state index contributed by atoms with van der Waals surface area (Å²) in [5, 5.41) is 28.4. The van der Waals surface area contributed by atoms with Gasteiger partial charge in [0.2, 0.25) is 0 Å². The number of para-hydroxylation sites is 7. The predicted molar refractivity (Wildman–Crippen MR) is 581 cm³/mol. The molecule has 0 spiro atoms. The Hall–Kier alpha value is -18.8. The molecule has 0 saturated heterocycles. The van der Waals surface area contributed by atoms with E-state index in [1.807, 2.05) is 85.3 Å². The Morgan fingerprint density at radius 2 is 0.489 bits per heavy atom. The number of rotatable bonds is 12. The quantitative estimate of drug-likeness (QED) is 0.0901. The Morgan fingerprint density at radius 1 is 0.184 bits per heavy atom. The second-order valence-electron chi connectivity index (χ2n) is 36.4. The van der Waals surface area contributed by atoms with E-state index < -0.39 is 17.5 Å². The van der Waals surface area contributed by atoms with Crippen molar-refractivity contribution in [3.63, 3.8) is 0 Å². The first-order valence-electron chi connectivity index (χ1n) is 47.5. The van der Waals surface area contributed by atoms with Gasteiger partial charge in [-0.05, 0) is 307 Å². The van der Waals surface area contributed by atoms with Crippen molar-refractivity contribution in [3.05, 3.63) is 491 Å². The summed E-state index contributed by atoms with van der Waals surface area (Å²) in [5.74, 6) is -3.98. The molecule has 0 bridgehead atoms. The number of fused-ring (bicyclic) bond motifs is 15. The van der Waals surface area contributed by atoms with Gasteiger partial charge in [0.15, 0.2) is 17.5 Å². The average Bonchev–Trinajstić information content (AvgIpc) is 1.50. The first kappa shape index (κ1) is 80.7. The van der Waals surface area contributed by atoms with Crippen molar-refractivity contribution in [1.29, 1.82) is 0 Å². The molecule has 0 amide bonds. The molecule has 0 unspecified atom stereocenters. The number of anilines is 6. The molecule has 660 valence electrons. The van der Waals surface area contributed by atoms with Crippen LogP contribution in [0.3, 0.4) is 0 Å². The molecule has 0 fully saturated rings. The lowest BCUT2D eigenvalue weighted by molar-refractivity contribution is 0.448. The number of pyridine rings is 3. The Labute approximate surface area is 805 Å². The van der Waals surface area contributed by atoms with Gasteiger partial charge in [0.05, 0.1) is 66.4 Å². The number of nitrogens with zero attached hydrogens (tertiary/aromatic N) is 9. The van der Waals surface area contributed by atoms with Crippen molar-refractivity contribution < 1.29 is 13.2 Å². The van der Waals surface area contributed by atoms with Crippen LogP contribution in [0.15, 0.2) is 474 Å². The van der Waals surface area contributed by atoms with Crippen LogP contribution < -0.4 is 9.80 Å². The highest BCUT2D eigenvalue weighted by molar-refractivity contribution is 6.37. The smallest absolute Gasteiger partial charge is 0.196 e. The van der Waals surface area contributed by atoms with E-state index in [4.69, 9.17) is 15.0 Å². The molecule has 30 rings (SSSR count). The second-order valence-corrected chi connectivity index (χ2v) is 36.4. The first-order valence-corrected chi connectivity index (χ1v) is 47.5. The third-order valence-electron chi connectivity index (χ3n) is 28.8. The lowest BCUT2D eigenvalue weighted by Gasteiger charge is -2.26. The highest BCUT2D eigenvalue weighted by Gasteiger charge is 2.28. The molecule has 0 saturated carbocycles. The average molecular weight is 1810 g/mol. The van der Waals surface area contributed by atoms with Crippen LogP contribution in [-0.4, -0.2) is 33.2 Å². The van der Waals surface area contributed by atoms with Gasteiger partial charge < -0.3 is 28.1 Å². The van der Waals surface area contributed by atoms with Gasteiger partial charge in [0.1, 0.15) is 0 Å². The lowest BCUT2D eigenvalue weighted by atomic mass is 9.88. The van der Waals surface area contributed by atoms with Gasteiger partial charge in [-0.2, -0.15) is 0 Å². The number of aromatic nitrogens is 7. The minimum Gasteiger partial charge on any atom is -0.311 e. The van der Waals surface area contributed by atoms with Gasteiger partial charge in [0.25, 0.3) is 0 Å². The van der Waals surface area contributed by atoms with Crippen LogP contribution in [0.5, 0.6) is 0 Å². The molecule has 7 aromatic heterocycles. The first-order chi connectivity index (χ1) is 69.7. The molecular formula is C129H78F3N9. The summed E-state index contributed by atoms with van der Waals surface area (Å²) in [6.07, 6.45) is 5.68. The van der Waals surface area contributed by atoms with Crippen molar-refractivity contribution in [2.75, 3.05) is 9.80 Å². The third kappa shape index (κ3) is 12.6. The number of benzene rings is 23. The summed E-state index contributed by atoms with van der Waals surface area (Å²) in [7, 11) is 0. The van der Waals surface area contributed by atoms with Gasteiger partial charge >= 0.3 is 0 Å². The van der Waals surface area contributed by atoms with E-state index in [1.54, 1.807) is 17.0 Å². The van der Waals surface area contributed by atoms with Gasteiger partial charge in [-0.3, -0.25) is 15.0 Å². The fourth-order valence-corrected chi connectivity index (χ4v) is 22.8. The topological polar surface area (TPSA) is 64.9 Å². The number of hydrogen-bond acceptors (Lipinski definition) is 5. The van der Waals surface area contributed by atoms with Crippen LogP contribution in [-0.2, 0) is 0 Å². The molecule has 0 aliphatic rings. The third-order valence-corrected chi connectivity index (χ3v) is 28.8. The SMILES string of the molecule is Fc1ccc(N(c2ccccc2)c2ccc(-c3ccc4ccc5c6c(ccc3c46)cc3c5c4ncccc4n3-c3ccccc3)cc2)c(F)c1F.c1cc2ccc3cc4c(c5ccc(c1)c2c35)c1ncccc1n4-c1ccc(-n2c3ccccc3c3ccccc32)cc1.c1ccc(N(c2ccccc2)c2ccc(-c3ccc4ccc5c6c(ccc3c46)cc3c5c4ncccc4n3-c3ccccc3)cc2)cc1. The predicted octanol–water partition coefficient (Wildman–Crippen LogP) is 35.0. The standard InChI is InChI=1S/C45H26F3N3.C45H29N3.C39H23N3/c46-36-23-24-37(44(48)43(36)47)50(30-8-3-1-4-9-30)32-18-13-27(14-19-32)33-20-15-28-16-22-35-41-29(17-21-34(33)40(28)41)26-39-42(35)45-38(12-7-25-49-45)51(39)31-10-5-2-6-11-31;1-4-11-33(12-5-1)47(34-13-6-2-7-14-34)36-23-18-30(19-24-36)37-25-20-31-21-27-39-43-32(22-26-38(37)42(31)43)29-41-44(39)45-40(17-10-28-46-45)48(41)35-15-8-3-9-16-35;1-3-11-32-29(9-1)30-10-2-4-12-33(30)41(32)27-17-19-28(20-18-27)42-34-13-6-22-40-39(34)38-31-21-16-25-8-5-7-24-14-15-26(23-35(38)42)37(31)36(24)25/h1-26H;1-29H;1-23H. The van der Waals surface area contributed by atoms with E-state index in [1.165, 1.54) is 136 Å². The van der Waals surface area contributed by atoms with E-state index in [0.717, 1.165) is 123 Å². The summed E-state index contributed by atoms with van der Waals surface area (Å²) in [6, 6.07) is 159. The maximum atomic E-state index is 15.2. The molecular weight excluding hydrogens is 1730 g/mol. The molecule has 30 aromatic rings. The zero-order valence-electron chi connectivity index (χ0n) is 75.7. The van der Waals surface area contributed by atoms with Gasteiger partial charge in [-0.1, -0.05) is 267 Å². The second kappa shape index (κ2) is 32.2. The molecule has 0 aliphatic heterocycles. The molecule has 23 aromatic carbocycles. The molecule has 0 atom stereocenters. The van der Waals surface area contributed by atoms with E-state index in [2.05, 4.69) is 387 Å². The van der Waals surface area contributed by atoms with Crippen LogP contribution >= 0.6 is 0 Å². The van der Waals surface area contributed by atoms with Gasteiger partial charge in [-0.15, -0.1) is 0 Å². The molecule has 0 radical (unpaired) electrons. The van der Waals surface area contributed by atoms with Crippen LogP contribution in [0.2, 0.25) is 0 Å². The van der Waals surface area contributed by atoms with E-state index in [0.29, 0.717) is 11.4 Å². The Balaban J connectivity index is 0.000000104. The Morgan fingerprint density at radius 3 is 0.915 bits per heavy atom. The molecule has 7 heterocycles. The molecule has 12 heteroatoms. The van der Waals surface area contributed by atoms with Crippen LogP contribution in [0.1, 0.15) is 0 Å². The van der Waals surface area contributed by atoms with E-state index in [9.17, 15) is 8.78 Å². The van der Waals surface area contributed by atoms with Gasteiger partial charge in [-0.25, -0.2) is 13.2 Å². The normalized spacial score (nSPS) is 11.9. The molecule has 0 aliphatic carbocycles. The number of hydrogen-bond donors (Lipinski definition) is 0. The van der Waals surface area contributed by atoms with Crippen molar-refractivity contribution in [2.45, 2.75) is 0 Å². The highest BCUT2D eigenvalue weighted by atomic mass is 19.2. The van der Waals surface area contributed by atoms with Crippen LogP contribution in [0.25, 0.3) is 230 Å². The van der Waals surface area contributed by atoms with Crippen LogP contribution in [0, 0.1) is 17.5 Å². The Bertz CT molecular complexity index is 10100. The zero-order valence-corrected chi connectivity index (χ0v) is 75.7. The fourth-order valence-electron chi connectivity index (χ4n) is 22.8. The molecule has 0 N–H and O–H groups in total. The number of halogens is 3. The minimum absolute atomic E-state index is 0.0787. The van der Waals surface area contributed by atoms with Crippen molar-refractivity contribution in [2.24, 2.45) is 0 Å². The van der Waals surface area contributed by atoms with E-state index in [-0.39, 0.29) is 5.69 Å². The van der Waals surface area contributed by atoms with E-state index >= 15 is 4.39 Å². The fraction of sp³-hybridized carbons (Fsp3) is 0.